The van der Waals surface area contributed by atoms with E-state index in [0.29, 0.717) is 0 Å². The SMILES string of the molecule is CCN1C(C)C1C1CN1. The average molecular weight is 126 g/mol. The Hall–Kier alpha value is -0.0800. The second-order valence-corrected chi connectivity index (χ2v) is 3.08. The van der Waals surface area contributed by atoms with Gasteiger partial charge in [0, 0.05) is 24.7 Å². The van der Waals surface area contributed by atoms with Crippen LogP contribution in [-0.2, 0) is 0 Å². The molecule has 0 aromatic rings. The molecule has 2 rings (SSSR count). The van der Waals surface area contributed by atoms with Gasteiger partial charge in [-0.3, -0.25) is 4.90 Å². The molecule has 2 heterocycles. The molecule has 0 spiro atoms. The van der Waals surface area contributed by atoms with Gasteiger partial charge in [0.25, 0.3) is 0 Å². The Kier molecular flexibility index (Phi) is 1.08. The van der Waals surface area contributed by atoms with Gasteiger partial charge in [-0.1, -0.05) is 6.92 Å². The molecule has 52 valence electrons. The van der Waals surface area contributed by atoms with Gasteiger partial charge < -0.3 is 5.32 Å². The summed E-state index contributed by atoms with van der Waals surface area (Å²) in [6.07, 6.45) is 0. The molecule has 2 fully saturated rings. The summed E-state index contributed by atoms with van der Waals surface area (Å²) >= 11 is 0. The van der Waals surface area contributed by atoms with Crippen molar-refractivity contribution in [2.45, 2.75) is 32.0 Å². The van der Waals surface area contributed by atoms with Crippen LogP contribution < -0.4 is 5.32 Å². The number of likely N-dealkylation sites (N-methyl/N-ethyl adjacent to an activating group) is 1. The molecular formula is C7H14N2. The zero-order valence-corrected chi connectivity index (χ0v) is 6.09. The lowest BCUT2D eigenvalue weighted by Gasteiger charge is -1.92. The van der Waals surface area contributed by atoms with Crippen molar-refractivity contribution in [1.29, 1.82) is 0 Å². The van der Waals surface area contributed by atoms with Gasteiger partial charge in [-0.25, -0.2) is 0 Å². The Morgan fingerprint density at radius 3 is 2.67 bits per heavy atom. The average Bonchev–Trinajstić information content (AvgIpc) is 2.61. The van der Waals surface area contributed by atoms with Crippen molar-refractivity contribution in [2.75, 3.05) is 13.1 Å². The van der Waals surface area contributed by atoms with E-state index < -0.39 is 0 Å². The van der Waals surface area contributed by atoms with Crippen LogP contribution >= 0.6 is 0 Å². The van der Waals surface area contributed by atoms with Crippen LogP contribution in [-0.4, -0.2) is 36.1 Å². The molecule has 2 aliphatic heterocycles. The molecule has 0 saturated carbocycles. The van der Waals surface area contributed by atoms with Crippen LogP contribution in [0, 0.1) is 0 Å². The summed E-state index contributed by atoms with van der Waals surface area (Å²) in [4.78, 5) is 2.53. The van der Waals surface area contributed by atoms with E-state index in [1.54, 1.807) is 0 Å². The highest BCUT2D eigenvalue weighted by Crippen LogP contribution is 2.32. The second kappa shape index (κ2) is 1.70. The first-order valence-electron chi connectivity index (χ1n) is 3.83. The van der Waals surface area contributed by atoms with Gasteiger partial charge in [0.15, 0.2) is 0 Å². The van der Waals surface area contributed by atoms with E-state index in [2.05, 4.69) is 24.1 Å². The van der Waals surface area contributed by atoms with Crippen LogP contribution in [0.25, 0.3) is 0 Å². The van der Waals surface area contributed by atoms with Gasteiger partial charge in [0.05, 0.1) is 0 Å². The van der Waals surface area contributed by atoms with E-state index in [4.69, 9.17) is 0 Å². The van der Waals surface area contributed by atoms with Gasteiger partial charge in [-0.2, -0.15) is 0 Å². The summed E-state index contributed by atoms with van der Waals surface area (Å²) in [6.45, 7) is 7.03. The van der Waals surface area contributed by atoms with Crippen molar-refractivity contribution in [3.63, 3.8) is 0 Å². The van der Waals surface area contributed by atoms with Crippen molar-refractivity contribution >= 4 is 0 Å². The third-order valence-electron chi connectivity index (χ3n) is 2.53. The van der Waals surface area contributed by atoms with E-state index in [0.717, 1.165) is 18.1 Å². The molecule has 0 aliphatic carbocycles. The van der Waals surface area contributed by atoms with Crippen molar-refractivity contribution in [3.05, 3.63) is 0 Å². The van der Waals surface area contributed by atoms with E-state index in [1.807, 2.05) is 0 Å². The number of nitrogens with one attached hydrogen (secondary N) is 1. The first-order valence-corrected chi connectivity index (χ1v) is 3.83. The molecule has 4 unspecified atom stereocenters. The fourth-order valence-corrected chi connectivity index (χ4v) is 1.81. The van der Waals surface area contributed by atoms with Gasteiger partial charge in [-0.15, -0.1) is 0 Å². The highest BCUT2D eigenvalue weighted by atomic mass is 15.4. The molecule has 2 saturated heterocycles. The Labute approximate surface area is 56.2 Å². The number of hydrogen-bond donors (Lipinski definition) is 1. The van der Waals surface area contributed by atoms with Crippen LogP contribution in [0.2, 0.25) is 0 Å². The monoisotopic (exact) mass is 126 g/mol. The normalized spacial score (nSPS) is 55.3. The highest BCUT2D eigenvalue weighted by Gasteiger charge is 2.51. The summed E-state index contributed by atoms with van der Waals surface area (Å²) in [5.74, 6) is 0. The minimum atomic E-state index is 0.847. The third-order valence-corrected chi connectivity index (χ3v) is 2.53. The minimum Gasteiger partial charge on any atom is -0.310 e. The molecule has 0 aromatic heterocycles. The molecule has 2 nitrogen and oxygen atoms in total. The van der Waals surface area contributed by atoms with Gasteiger partial charge >= 0.3 is 0 Å². The zero-order valence-electron chi connectivity index (χ0n) is 6.09. The smallest absolute Gasteiger partial charge is 0.0418 e. The van der Waals surface area contributed by atoms with Crippen molar-refractivity contribution in [1.82, 2.24) is 10.2 Å². The lowest BCUT2D eigenvalue weighted by atomic mass is 10.3. The summed E-state index contributed by atoms with van der Waals surface area (Å²) in [5, 5.41) is 3.35. The first-order chi connectivity index (χ1) is 4.34. The third kappa shape index (κ3) is 0.775. The topological polar surface area (TPSA) is 25.0 Å². The number of nitrogens with zero attached hydrogens (tertiary/aromatic N) is 1. The first kappa shape index (κ1) is 5.69. The van der Waals surface area contributed by atoms with Gasteiger partial charge in [-0.05, 0) is 13.5 Å². The van der Waals surface area contributed by atoms with E-state index >= 15 is 0 Å². The fourth-order valence-electron chi connectivity index (χ4n) is 1.81. The molecule has 4 atom stereocenters. The predicted molar refractivity (Wildman–Crippen MR) is 37.4 cm³/mol. The maximum absolute atomic E-state index is 3.35. The Morgan fingerprint density at radius 2 is 2.33 bits per heavy atom. The standard InChI is InChI=1S/C7H14N2/c1-3-9-5(2)7(9)6-4-8-6/h5-8H,3-4H2,1-2H3. The molecule has 2 aliphatic rings. The van der Waals surface area contributed by atoms with Crippen LogP contribution in [0.4, 0.5) is 0 Å². The van der Waals surface area contributed by atoms with Crippen LogP contribution in [0.1, 0.15) is 13.8 Å². The summed E-state index contributed by atoms with van der Waals surface area (Å²) in [6, 6.07) is 2.59. The Morgan fingerprint density at radius 1 is 1.67 bits per heavy atom. The molecule has 2 heteroatoms. The predicted octanol–water partition coefficient (Wildman–Crippen LogP) is 0.0508. The molecule has 9 heavy (non-hydrogen) atoms. The Balaban J connectivity index is 1.88. The molecular weight excluding hydrogens is 112 g/mol. The van der Waals surface area contributed by atoms with E-state index in [1.165, 1.54) is 13.1 Å². The number of hydrogen-bond acceptors (Lipinski definition) is 2. The van der Waals surface area contributed by atoms with Gasteiger partial charge in [0.1, 0.15) is 0 Å². The summed E-state index contributed by atoms with van der Waals surface area (Å²) in [7, 11) is 0. The lowest BCUT2D eigenvalue weighted by Crippen LogP contribution is -2.08. The minimum absolute atomic E-state index is 0.847. The summed E-state index contributed by atoms with van der Waals surface area (Å²) < 4.78 is 0. The lowest BCUT2D eigenvalue weighted by molar-refractivity contribution is 0.508. The molecule has 0 bridgehead atoms. The second-order valence-electron chi connectivity index (χ2n) is 3.08. The molecule has 0 amide bonds. The maximum Gasteiger partial charge on any atom is 0.0418 e. The largest absolute Gasteiger partial charge is 0.310 e. The quantitative estimate of drug-likeness (QED) is 0.529. The molecule has 1 N–H and O–H groups in total. The van der Waals surface area contributed by atoms with E-state index in [9.17, 15) is 0 Å². The molecule has 0 radical (unpaired) electrons. The Bertz CT molecular complexity index is 120. The number of rotatable bonds is 2. The summed E-state index contributed by atoms with van der Waals surface area (Å²) in [5.41, 5.74) is 0. The zero-order chi connectivity index (χ0) is 6.43. The van der Waals surface area contributed by atoms with Crippen molar-refractivity contribution in [3.8, 4) is 0 Å². The molecule has 0 aromatic carbocycles. The maximum atomic E-state index is 3.35. The van der Waals surface area contributed by atoms with Crippen molar-refractivity contribution in [2.24, 2.45) is 0 Å². The fraction of sp³-hybridized carbons (Fsp3) is 1.00. The van der Waals surface area contributed by atoms with Gasteiger partial charge in [0.2, 0.25) is 0 Å². The van der Waals surface area contributed by atoms with E-state index in [-0.39, 0.29) is 0 Å². The van der Waals surface area contributed by atoms with Crippen LogP contribution in [0.3, 0.4) is 0 Å². The highest BCUT2D eigenvalue weighted by molar-refractivity contribution is 5.11. The van der Waals surface area contributed by atoms with Crippen LogP contribution in [0.15, 0.2) is 0 Å². The van der Waals surface area contributed by atoms with Crippen molar-refractivity contribution < 1.29 is 0 Å². The van der Waals surface area contributed by atoms with Crippen LogP contribution in [0.5, 0.6) is 0 Å².